The van der Waals surface area contributed by atoms with Crippen LogP contribution in [0.25, 0.3) is 0 Å². The van der Waals surface area contributed by atoms with Crippen LogP contribution in [-0.2, 0) is 0 Å². The molecule has 0 spiro atoms. The maximum atomic E-state index is 11.9. The van der Waals surface area contributed by atoms with Gasteiger partial charge in [0, 0.05) is 25.7 Å². The molecule has 1 rings (SSSR count). The Kier molecular flexibility index (Phi) is 7.01. The van der Waals surface area contributed by atoms with Crippen LogP contribution in [0.15, 0.2) is 0 Å². The average Bonchev–Trinajstić information content (AvgIpc) is 2.37. The monoisotopic (exact) mass is 241 g/mol. The summed E-state index contributed by atoms with van der Waals surface area (Å²) >= 11 is 0. The van der Waals surface area contributed by atoms with Gasteiger partial charge in [0.2, 0.25) is 0 Å². The quantitative estimate of drug-likeness (QED) is 0.698. The van der Waals surface area contributed by atoms with E-state index in [-0.39, 0.29) is 6.03 Å². The van der Waals surface area contributed by atoms with Crippen LogP contribution in [0.2, 0.25) is 0 Å². The van der Waals surface area contributed by atoms with Crippen molar-refractivity contribution in [3.05, 3.63) is 0 Å². The van der Waals surface area contributed by atoms with E-state index in [1.165, 1.54) is 6.42 Å². The molecular formula is C13H27N3O. The number of hydrogen-bond acceptors (Lipinski definition) is 2. The summed E-state index contributed by atoms with van der Waals surface area (Å²) in [6.07, 6.45) is 5.65. The summed E-state index contributed by atoms with van der Waals surface area (Å²) in [7, 11) is 0. The number of hydrogen-bond donors (Lipinski definition) is 2. The van der Waals surface area contributed by atoms with Crippen LogP contribution in [0.1, 0.15) is 46.0 Å². The fraction of sp³-hybridized carbons (Fsp3) is 0.923. The van der Waals surface area contributed by atoms with Gasteiger partial charge in [0.1, 0.15) is 0 Å². The highest BCUT2D eigenvalue weighted by atomic mass is 16.2. The van der Waals surface area contributed by atoms with Gasteiger partial charge in [-0.15, -0.1) is 0 Å². The zero-order valence-corrected chi connectivity index (χ0v) is 11.3. The van der Waals surface area contributed by atoms with Crippen LogP contribution in [0, 0.1) is 0 Å². The summed E-state index contributed by atoms with van der Waals surface area (Å²) in [5, 5.41) is 6.49. The van der Waals surface area contributed by atoms with Crippen LogP contribution >= 0.6 is 0 Å². The Bertz CT molecular complexity index is 221. The Morgan fingerprint density at radius 3 is 2.82 bits per heavy atom. The maximum Gasteiger partial charge on any atom is 0.317 e. The minimum Gasteiger partial charge on any atom is -0.338 e. The zero-order chi connectivity index (χ0) is 12.5. The van der Waals surface area contributed by atoms with Crippen molar-refractivity contribution >= 4 is 6.03 Å². The second kappa shape index (κ2) is 8.34. The van der Waals surface area contributed by atoms with E-state index in [1.54, 1.807) is 0 Å². The molecule has 0 aromatic heterocycles. The van der Waals surface area contributed by atoms with E-state index in [9.17, 15) is 4.79 Å². The Balaban J connectivity index is 2.25. The maximum absolute atomic E-state index is 11.9. The lowest BCUT2D eigenvalue weighted by atomic mass is 10.1. The number of unbranched alkanes of at least 4 members (excludes halogenated alkanes) is 1. The van der Waals surface area contributed by atoms with Crippen molar-refractivity contribution in [1.82, 2.24) is 15.5 Å². The van der Waals surface area contributed by atoms with Crippen molar-refractivity contribution in [2.24, 2.45) is 0 Å². The van der Waals surface area contributed by atoms with Crippen molar-refractivity contribution in [2.45, 2.75) is 52.0 Å². The number of urea groups is 1. The molecule has 0 aromatic carbocycles. The molecule has 1 aliphatic rings. The predicted octanol–water partition coefficient (Wildman–Crippen LogP) is 1.96. The van der Waals surface area contributed by atoms with Crippen molar-refractivity contribution in [3.63, 3.8) is 0 Å². The molecule has 1 atom stereocenters. The van der Waals surface area contributed by atoms with Crippen LogP contribution < -0.4 is 10.6 Å². The van der Waals surface area contributed by atoms with Crippen molar-refractivity contribution < 1.29 is 4.79 Å². The fourth-order valence-electron chi connectivity index (χ4n) is 2.16. The Labute approximate surface area is 105 Å². The number of nitrogens with one attached hydrogen (secondary N) is 2. The van der Waals surface area contributed by atoms with Crippen LogP contribution in [0.4, 0.5) is 4.79 Å². The van der Waals surface area contributed by atoms with Gasteiger partial charge in [-0.05, 0) is 32.2 Å². The van der Waals surface area contributed by atoms with Gasteiger partial charge in [-0.3, -0.25) is 0 Å². The summed E-state index contributed by atoms with van der Waals surface area (Å²) in [5.41, 5.74) is 0. The molecule has 1 heterocycles. The highest BCUT2D eigenvalue weighted by molar-refractivity contribution is 5.74. The normalized spacial score (nSPS) is 20.4. The summed E-state index contributed by atoms with van der Waals surface area (Å²) in [4.78, 5) is 13.8. The molecule has 1 fully saturated rings. The van der Waals surface area contributed by atoms with Gasteiger partial charge < -0.3 is 15.5 Å². The van der Waals surface area contributed by atoms with Crippen LogP contribution in [0.5, 0.6) is 0 Å². The molecule has 17 heavy (non-hydrogen) atoms. The number of nitrogens with zero attached hydrogens (tertiary/aromatic N) is 1. The first-order valence-electron chi connectivity index (χ1n) is 7.04. The smallest absolute Gasteiger partial charge is 0.317 e. The summed E-state index contributed by atoms with van der Waals surface area (Å²) < 4.78 is 0. The Hall–Kier alpha value is -0.770. The molecule has 0 aliphatic carbocycles. The first-order chi connectivity index (χ1) is 8.27. The van der Waals surface area contributed by atoms with Crippen molar-refractivity contribution in [1.29, 1.82) is 0 Å². The van der Waals surface area contributed by atoms with Gasteiger partial charge in [0.15, 0.2) is 0 Å². The SMILES string of the molecule is CCCCNC(=O)N1CCCC(NCCC)C1. The number of carbonyl (C=O) groups excluding carboxylic acids is 1. The second-order valence-corrected chi connectivity index (χ2v) is 4.82. The average molecular weight is 241 g/mol. The van der Waals surface area contributed by atoms with Gasteiger partial charge in [-0.25, -0.2) is 4.79 Å². The fourth-order valence-corrected chi connectivity index (χ4v) is 2.16. The molecule has 2 N–H and O–H groups in total. The minimum atomic E-state index is 0.112. The first kappa shape index (κ1) is 14.3. The molecular weight excluding hydrogens is 214 g/mol. The van der Waals surface area contributed by atoms with E-state index in [4.69, 9.17) is 0 Å². The minimum absolute atomic E-state index is 0.112. The largest absolute Gasteiger partial charge is 0.338 e. The third-order valence-corrected chi connectivity index (χ3v) is 3.20. The summed E-state index contributed by atoms with van der Waals surface area (Å²) in [6.45, 7) is 7.93. The Morgan fingerprint density at radius 1 is 1.29 bits per heavy atom. The number of piperidine rings is 1. The van der Waals surface area contributed by atoms with Gasteiger partial charge >= 0.3 is 6.03 Å². The Morgan fingerprint density at radius 2 is 2.12 bits per heavy atom. The topological polar surface area (TPSA) is 44.4 Å². The molecule has 0 bridgehead atoms. The zero-order valence-electron chi connectivity index (χ0n) is 11.3. The van der Waals surface area contributed by atoms with Crippen molar-refractivity contribution in [2.75, 3.05) is 26.2 Å². The van der Waals surface area contributed by atoms with Crippen LogP contribution in [0.3, 0.4) is 0 Å². The molecule has 0 radical (unpaired) electrons. The lowest BCUT2D eigenvalue weighted by Gasteiger charge is -2.33. The summed E-state index contributed by atoms with van der Waals surface area (Å²) in [5.74, 6) is 0. The van der Waals surface area contributed by atoms with Gasteiger partial charge in [0.05, 0.1) is 0 Å². The van der Waals surface area contributed by atoms with E-state index >= 15 is 0 Å². The van der Waals surface area contributed by atoms with E-state index in [2.05, 4.69) is 24.5 Å². The highest BCUT2D eigenvalue weighted by Crippen LogP contribution is 2.10. The molecule has 4 heteroatoms. The third-order valence-electron chi connectivity index (χ3n) is 3.20. The molecule has 1 saturated heterocycles. The third kappa shape index (κ3) is 5.39. The lowest BCUT2D eigenvalue weighted by molar-refractivity contribution is 0.173. The van der Waals surface area contributed by atoms with Crippen molar-refractivity contribution in [3.8, 4) is 0 Å². The van der Waals surface area contributed by atoms with Gasteiger partial charge in [-0.2, -0.15) is 0 Å². The first-order valence-corrected chi connectivity index (χ1v) is 7.04. The number of carbonyl (C=O) groups is 1. The van der Waals surface area contributed by atoms with E-state index in [0.29, 0.717) is 6.04 Å². The molecule has 1 unspecified atom stereocenters. The number of amides is 2. The molecule has 0 saturated carbocycles. The predicted molar refractivity (Wildman–Crippen MR) is 71.2 cm³/mol. The lowest BCUT2D eigenvalue weighted by Crippen LogP contribution is -2.51. The highest BCUT2D eigenvalue weighted by Gasteiger charge is 2.22. The molecule has 1 aliphatic heterocycles. The van der Waals surface area contributed by atoms with Gasteiger partial charge in [0.25, 0.3) is 0 Å². The molecule has 2 amide bonds. The van der Waals surface area contributed by atoms with E-state index in [1.807, 2.05) is 4.90 Å². The molecule has 0 aromatic rings. The van der Waals surface area contributed by atoms with E-state index in [0.717, 1.165) is 51.9 Å². The van der Waals surface area contributed by atoms with Crippen LogP contribution in [-0.4, -0.2) is 43.2 Å². The standard InChI is InChI=1S/C13H27N3O/c1-3-5-9-15-13(17)16-10-6-7-12(11-16)14-8-4-2/h12,14H,3-11H2,1-2H3,(H,15,17). The molecule has 4 nitrogen and oxygen atoms in total. The molecule has 100 valence electrons. The van der Waals surface area contributed by atoms with Gasteiger partial charge in [-0.1, -0.05) is 20.3 Å². The number of likely N-dealkylation sites (tertiary alicyclic amines) is 1. The number of rotatable bonds is 6. The summed E-state index contributed by atoms with van der Waals surface area (Å²) in [6, 6.07) is 0.599. The second-order valence-electron chi connectivity index (χ2n) is 4.82. The van der Waals surface area contributed by atoms with E-state index < -0.39 is 0 Å².